The first kappa shape index (κ1) is 17.8. The van der Waals surface area contributed by atoms with Gasteiger partial charge in [-0.1, -0.05) is 53.9 Å². The fourth-order valence-corrected chi connectivity index (χ4v) is 1.22. The van der Waals surface area contributed by atoms with Crippen LogP contribution in [0.1, 0.15) is 48.5 Å². The summed E-state index contributed by atoms with van der Waals surface area (Å²) in [5, 5.41) is 9.28. The normalized spacial score (nSPS) is 14.2. The molecule has 0 heterocycles. The summed E-state index contributed by atoms with van der Waals surface area (Å²) in [4.78, 5) is 0. The van der Waals surface area contributed by atoms with E-state index < -0.39 is 0 Å². The molecule has 1 radical (unpaired) electrons. The molecule has 0 aromatic carbocycles. The first-order valence-electron chi connectivity index (χ1n) is 5.60. The molecule has 91 valence electrons. The van der Waals surface area contributed by atoms with Crippen molar-refractivity contribution in [3.8, 4) is 0 Å². The van der Waals surface area contributed by atoms with Crippen molar-refractivity contribution >= 4 is 0 Å². The van der Waals surface area contributed by atoms with Crippen LogP contribution in [0, 0.1) is 5.41 Å². The monoisotopic (exact) mass is 253 g/mol. The van der Waals surface area contributed by atoms with E-state index in [1.807, 2.05) is 0 Å². The topological polar surface area (TPSA) is 28.2 Å². The Balaban J connectivity index is 0. The van der Waals surface area contributed by atoms with E-state index in [1.165, 1.54) is 0 Å². The summed E-state index contributed by atoms with van der Waals surface area (Å²) in [6.45, 7) is 16.1. The quantitative estimate of drug-likeness (QED) is 0.663. The van der Waals surface area contributed by atoms with E-state index >= 15 is 0 Å². The fourth-order valence-electron chi connectivity index (χ4n) is 1.22. The largest absolute Gasteiger partial charge is 2.00 e. The molecule has 2 nitrogen and oxygen atoms in total. The molecule has 0 spiro atoms. The molecule has 0 amide bonds. The SMILES string of the molecule is CC(C)[N-]CC([N-]C(C)C)C(C)(C)C.[Mn+2]. The molecular formula is C12H26MnN2. The predicted molar refractivity (Wildman–Crippen MR) is 65.1 cm³/mol. The summed E-state index contributed by atoms with van der Waals surface area (Å²) < 4.78 is 0. The van der Waals surface area contributed by atoms with Crippen LogP contribution in [-0.4, -0.2) is 24.7 Å². The Bertz CT molecular complexity index is 150. The smallest absolute Gasteiger partial charge is 0.661 e. The summed E-state index contributed by atoms with van der Waals surface area (Å²) in [5.41, 5.74) is 0.225. The zero-order chi connectivity index (χ0) is 11.4. The van der Waals surface area contributed by atoms with Gasteiger partial charge in [-0.2, -0.15) is 12.6 Å². The van der Waals surface area contributed by atoms with Crippen LogP contribution in [-0.2, 0) is 17.1 Å². The van der Waals surface area contributed by atoms with Gasteiger partial charge in [0.2, 0.25) is 0 Å². The van der Waals surface area contributed by atoms with E-state index in [2.05, 4.69) is 53.8 Å². The Labute approximate surface area is 106 Å². The molecule has 15 heavy (non-hydrogen) atoms. The van der Waals surface area contributed by atoms with Gasteiger partial charge in [-0.05, 0) is 0 Å². The minimum absolute atomic E-state index is 0. The second-order valence-electron chi connectivity index (χ2n) is 5.58. The Morgan fingerprint density at radius 3 is 1.67 bits per heavy atom. The maximum Gasteiger partial charge on any atom is 2.00 e. The van der Waals surface area contributed by atoms with Gasteiger partial charge in [0.1, 0.15) is 0 Å². The summed E-state index contributed by atoms with van der Waals surface area (Å²) in [6, 6.07) is 1.17. The minimum Gasteiger partial charge on any atom is -0.661 e. The van der Waals surface area contributed by atoms with Gasteiger partial charge in [-0.3, -0.25) is 0 Å². The number of hydrogen-bond donors (Lipinski definition) is 0. The average molecular weight is 253 g/mol. The maximum atomic E-state index is 4.73. The van der Waals surface area contributed by atoms with Crippen LogP contribution in [0.15, 0.2) is 0 Å². The van der Waals surface area contributed by atoms with Crippen molar-refractivity contribution in [3.05, 3.63) is 10.6 Å². The molecule has 0 aliphatic rings. The third-order valence-electron chi connectivity index (χ3n) is 2.12. The van der Waals surface area contributed by atoms with Crippen molar-refractivity contribution in [1.82, 2.24) is 0 Å². The zero-order valence-corrected chi connectivity index (χ0v) is 12.4. The molecule has 0 aliphatic heterocycles. The molecule has 1 atom stereocenters. The fraction of sp³-hybridized carbons (Fsp3) is 1.00. The van der Waals surface area contributed by atoms with Crippen LogP contribution in [0.3, 0.4) is 0 Å². The van der Waals surface area contributed by atoms with Gasteiger partial charge in [0.25, 0.3) is 0 Å². The van der Waals surface area contributed by atoms with Gasteiger partial charge in [-0.15, -0.1) is 12.1 Å². The van der Waals surface area contributed by atoms with Crippen LogP contribution >= 0.6 is 0 Å². The van der Waals surface area contributed by atoms with Gasteiger partial charge in [-0.25, -0.2) is 0 Å². The first-order chi connectivity index (χ1) is 6.23. The molecule has 3 heteroatoms. The molecular weight excluding hydrogens is 227 g/mol. The van der Waals surface area contributed by atoms with Crippen molar-refractivity contribution in [2.24, 2.45) is 5.41 Å². The van der Waals surface area contributed by atoms with Gasteiger partial charge < -0.3 is 10.6 Å². The van der Waals surface area contributed by atoms with E-state index in [1.54, 1.807) is 0 Å². The van der Waals surface area contributed by atoms with Gasteiger partial charge in [0, 0.05) is 0 Å². The van der Waals surface area contributed by atoms with E-state index in [-0.39, 0.29) is 22.5 Å². The van der Waals surface area contributed by atoms with E-state index in [4.69, 9.17) is 5.32 Å². The van der Waals surface area contributed by atoms with E-state index in [9.17, 15) is 0 Å². The predicted octanol–water partition coefficient (Wildman–Crippen LogP) is 3.96. The second-order valence-corrected chi connectivity index (χ2v) is 5.58. The molecule has 0 aliphatic carbocycles. The van der Waals surface area contributed by atoms with Crippen molar-refractivity contribution < 1.29 is 17.1 Å². The van der Waals surface area contributed by atoms with Crippen molar-refractivity contribution in [2.45, 2.75) is 66.6 Å². The zero-order valence-electron chi connectivity index (χ0n) is 11.2. The molecule has 0 N–H and O–H groups in total. The number of hydrogen-bond acceptors (Lipinski definition) is 0. The molecule has 0 bridgehead atoms. The third-order valence-corrected chi connectivity index (χ3v) is 2.12. The van der Waals surface area contributed by atoms with Crippen molar-refractivity contribution in [1.29, 1.82) is 0 Å². The van der Waals surface area contributed by atoms with E-state index in [0.717, 1.165) is 6.54 Å². The molecule has 0 fully saturated rings. The van der Waals surface area contributed by atoms with E-state index in [0.29, 0.717) is 18.1 Å². The molecule has 1 unspecified atom stereocenters. The van der Waals surface area contributed by atoms with Crippen LogP contribution in [0.4, 0.5) is 0 Å². The summed E-state index contributed by atoms with van der Waals surface area (Å²) in [7, 11) is 0. The Hall–Kier alpha value is 0.439. The second kappa shape index (κ2) is 7.67. The molecule has 0 saturated heterocycles. The number of rotatable bonds is 5. The summed E-state index contributed by atoms with van der Waals surface area (Å²) in [5.74, 6) is 0. The van der Waals surface area contributed by atoms with Crippen LogP contribution in [0.25, 0.3) is 10.6 Å². The van der Waals surface area contributed by atoms with Gasteiger partial charge >= 0.3 is 17.1 Å². The average Bonchev–Trinajstić information content (AvgIpc) is 1.94. The van der Waals surface area contributed by atoms with Gasteiger partial charge in [0.15, 0.2) is 0 Å². The van der Waals surface area contributed by atoms with Crippen LogP contribution in [0.5, 0.6) is 0 Å². The molecule has 0 rings (SSSR count). The van der Waals surface area contributed by atoms with Crippen LogP contribution in [0.2, 0.25) is 0 Å². The molecule has 0 aromatic rings. The Kier molecular flexibility index (Phi) is 9.11. The molecule has 0 aromatic heterocycles. The summed E-state index contributed by atoms with van der Waals surface area (Å²) in [6.07, 6.45) is 0. The maximum absolute atomic E-state index is 4.73. The van der Waals surface area contributed by atoms with Crippen molar-refractivity contribution in [2.75, 3.05) is 6.54 Å². The minimum atomic E-state index is 0. The standard InChI is InChI=1S/C12H26N2.Mn/c1-9(2)13-8-11(12(5,6)7)14-10(3)4;/h9-11H,8H2,1-7H3;/q-2;+2. The Morgan fingerprint density at radius 1 is 0.933 bits per heavy atom. The third kappa shape index (κ3) is 9.37. The first-order valence-corrected chi connectivity index (χ1v) is 5.60. The summed E-state index contributed by atoms with van der Waals surface area (Å²) >= 11 is 0. The molecule has 0 saturated carbocycles. The van der Waals surface area contributed by atoms with Crippen LogP contribution < -0.4 is 0 Å². The van der Waals surface area contributed by atoms with Crippen molar-refractivity contribution in [3.63, 3.8) is 0 Å². The van der Waals surface area contributed by atoms with Gasteiger partial charge in [0.05, 0.1) is 0 Å². The Morgan fingerprint density at radius 2 is 1.40 bits per heavy atom. The number of nitrogens with zero attached hydrogens (tertiary/aromatic N) is 2.